The molecule has 228 valence electrons. The fraction of sp³-hybridized carbons (Fsp3) is 0.606. The summed E-state index contributed by atoms with van der Waals surface area (Å²) in [4.78, 5) is 16.0. The molecule has 0 saturated carbocycles. The summed E-state index contributed by atoms with van der Waals surface area (Å²) in [5.41, 5.74) is 2.74. The number of likely N-dealkylation sites (tertiary alicyclic amines) is 1. The molecule has 2 aromatic rings. The first-order chi connectivity index (χ1) is 19.8. The molecule has 0 radical (unpaired) electrons. The number of rotatable bonds is 17. The second-order valence-corrected chi connectivity index (χ2v) is 11.3. The third-order valence-corrected chi connectivity index (χ3v) is 8.03. The van der Waals surface area contributed by atoms with E-state index in [4.69, 9.17) is 4.74 Å². The van der Waals surface area contributed by atoms with E-state index < -0.39 is 23.8 Å². The summed E-state index contributed by atoms with van der Waals surface area (Å²) >= 11 is 0. The largest absolute Gasteiger partial charge is 0.390 e. The second-order valence-electron chi connectivity index (χ2n) is 11.3. The van der Waals surface area contributed by atoms with Gasteiger partial charge in [0.1, 0.15) is 11.6 Å². The number of benzene rings is 2. The quantitative estimate of drug-likeness (QED) is 0.248. The zero-order chi connectivity index (χ0) is 29.6. The van der Waals surface area contributed by atoms with Crippen molar-refractivity contribution >= 4 is 5.91 Å². The molecule has 0 aromatic heterocycles. The summed E-state index contributed by atoms with van der Waals surface area (Å²) in [7, 11) is 0. The number of unbranched alkanes of at least 4 members (excludes halogenated alkanes) is 1. The highest BCUT2D eigenvalue weighted by Crippen LogP contribution is 2.22. The summed E-state index contributed by atoms with van der Waals surface area (Å²) in [6.07, 6.45) is 4.68. The Hall–Kier alpha value is -2.39. The average Bonchev–Trinajstić information content (AvgIpc) is 2.96. The fourth-order valence-electron chi connectivity index (χ4n) is 5.60. The Balaban J connectivity index is 1.70. The van der Waals surface area contributed by atoms with Gasteiger partial charge in [0, 0.05) is 32.4 Å². The lowest BCUT2D eigenvalue weighted by molar-refractivity contribution is -0.129. The highest BCUT2D eigenvalue weighted by atomic mass is 19.1. The van der Waals surface area contributed by atoms with Crippen molar-refractivity contribution < 1.29 is 23.4 Å². The van der Waals surface area contributed by atoms with Crippen molar-refractivity contribution in [1.82, 2.24) is 15.5 Å². The van der Waals surface area contributed by atoms with E-state index in [9.17, 15) is 18.7 Å². The van der Waals surface area contributed by atoms with Gasteiger partial charge >= 0.3 is 0 Å². The van der Waals surface area contributed by atoms with Crippen LogP contribution in [0.3, 0.4) is 0 Å². The number of halogens is 2. The van der Waals surface area contributed by atoms with Gasteiger partial charge in [-0.25, -0.2) is 8.78 Å². The van der Waals surface area contributed by atoms with Gasteiger partial charge in [-0.05, 0) is 86.9 Å². The van der Waals surface area contributed by atoms with Crippen molar-refractivity contribution in [1.29, 1.82) is 0 Å². The molecule has 1 amide bonds. The van der Waals surface area contributed by atoms with Crippen LogP contribution in [-0.2, 0) is 28.9 Å². The maximum atomic E-state index is 14.0. The van der Waals surface area contributed by atoms with E-state index in [1.807, 2.05) is 19.1 Å². The zero-order valence-electron chi connectivity index (χ0n) is 25.0. The number of aliphatic hydroxyl groups is 1. The summed E-state index contributed by atoms with van der Waals surface area (Å²) in [5, 5.41) is 17.6. The number of ether oxygens (including phenoxy) is 1. The number of carbonyl (C=O) groups is 1. The van der Waals surface area contributed by atoms with Crippen molar-refractivity contribution in [3.05, 3.63) is 70.8 Å². The Morgan fingerprint density at radius 3 is 2.41 bits per heavy atom. The third-order valence-electron chi connectivity index (χ3n) is 8.03. The minimum absolute atomic E-state index is 0.117. The SMILES string of the molecule is CCCC[C@@H](C(=O)N[C@@H](Cc1cc(F)cc(F)c1)[C@@H](O)CNCc1cccc(CC)c1)N1CCC(COCC)CC1. The molecule has 0 unspecified atom stereocenters. The third kappa shape index (κ3) is 11.1. The smallest absolute Gasteiger partial charge is 0.237 e. The molecule has 6 nitrogen and oxygen atoms in total. The Morgan fingerprint density at radius 1 is 1.05 bits per heavy atom. The van der Waals surface area contributed by atoms with Crippen LogP contribution in [-0.4, -0.2) is 66.9 Å². The molecule has 0 spiro atoms. The second kappa shape index (κ2) is 17.5. The number of hydrogen-bond donors (Lipinski definition) is 3. The monoisotopic (exact) mass is 573 g/mol. The zero-order valence-corrected chi connectivity index (χ0v) is 25.0. The van der Waals surface area contributed by atoms with Crippen LogP contribution >= 0.6 is 0 Å². The van der Waals surface area contributed by atoms with E-state index >= 15 is 0 Å². The Bertz CT molecular complexity index is 1040. The van der Waals surface area contributed by atoms with E-state index in [2.05, 4.69) is 41.5 Å². The summed E-state index contributed by atoms with van der Waals surface area (Å²) < 4.78 is 33.6. The first-order valence-electron chi connectivity index (χ1n) is 15.4. The lowest BCUT2D eigenvalue weighted by Crippen LogP contribution is -2.56. The summed E-state index contributed by atoms with van der Waals surface area (Å²) in [6, 6.07) is 10.6. The van der Waals surface area contributed by atoms with Crippen LogP contribution in [0.5, 0.6) is 0 Å². The van der Waals surface area contributed by atoms with Gasteiger partial charge in [-0.3, -0.25) is 9.69 Å². The van der Waals surface area contributed by atoms with Crippen molar-refractivity contribution in [3.63, 3.8) is 0 Å². The summed E-state index contributed by atoms with van der Waals surface area (Å²) in [6.45, 7) is 10.1. The topological polar surface area (TPSA) is 73.8 Å². The first-order valence-corrected chi connectivity index (χ1v) is 15.4. The fourth-order valence-corrected chi connectivity index (χ4v) is 5.60. The lowest BCUT2D eigenvalue weighted by atomic mass is 9.94. The Labute approximate surface area is 244 Å². The molecule has 0 aliphatic carbocycles. The summed E-state index contributed by atoms with van der Waals surface area (Å²) in [5.74, 6) is -0.991. The van der Waals surface area contributed by atoms with E-state index in [1.165, 1.54) is 17.7 Å². The molecule has 8 heteroatoms. The Kier molecular flexibility index (Phi) is 14.2. The molecule has 3 N–H and O–H groups in total. The maximum Gasteiger partial charge on any atom is 0.237 e. The normalized spacial score (nSPS) is 16.8. The molecular weight excluding hydrogens is 524 g/mol. The van der Waals surface area contributed by atoms with Crippen LogP contribution < -0.4 is 10.6 Å². The standard InChI is InChI=1S/C33H49F2N3O3/c1-4-7-11-31(38-14-12-25(13-15-38)23-41-6-3)33(40)37-30(19-27-17-28(34)20-29(35)18-27)32(39)22-36-21-26-10-8-9-24(5-2)16-26/h8-10,16-18,20,25,30-32,36,39H,4-7,11-15,19,21-23H2,1-3H3,(H,37,40)/t30-,31-,32-/m0/s1. The number of hydrogen-bond acceptors (Lipinski definition) is 5. The average molecular weight is 574 g/mol. The number of nitrogens with one attached hydrogen (secondary N) is 2. The van der Waals surface area contributed by atoms with Crippen LogP contribution in [0.15, 0.2) is 42.5 Å². The predicted octanol–water partition coefficient (Wildman–Crippen LogP) is 5.01. The van der Waals surface area contributed by atoms with E-state index in [0.717, 1.165) is 69.9 Å². The maximum absolute atomic E-state index is 14.0. The molecule has 41 heavy (non-hydrogen) atoms. The first kappa shape index (κ1) is 33.1. The van der Waals surface area contributed by atoms with Gasteiger partial charge in [-0.2, -0.15) is 0 Å². The minimum atomic E-state index is -0.955. The number of aryl methyl sites for hydroxylation is 1. The molecule has 1 heterocycles. The van der Waals surface area contributed by atoms with Gasteiger partial charge in [-0.15, -0.1) is 0 Å². The van der Waals surface area contributed by atoms with E-state index in [0.29, 0.717) is 24.6 Å². The molecule has 1 aliphatic heterocycles. The van der Waals surface area contributed by atoms with Crippen molar-refractivity contribution in [2.24, 2.45) is 5.92 Å². The highest BCUT2D eigenvalue weighted by Gasteiger charge is 2.32. The molecule has 1 aliphatic rings. The molecule has 1 saturated heterocycles. The highest BCUT2D eigenvalue weighted by molar-refractivity contribution is 5.82. The molecule has 2 aromatic carbocycles. The minimum Gasteiger partial charge on any atom is -0.390 e. The number of carbonyl (C=O) groups excluding carboxylic acids is 1. The van der Waals surface area contributed by atoms with Gasteiger partial charge in [-0.1, -0.05) is 51.0 Å². The number of piperidine rings is 1. The molecule has 3 rings (SSSR count). The molecule has 3 atom stereocenters. The van der Waals surface area contributed by atoms with E-state index in [-0.39, 0.29) is 24.9 Å². The van der Waals surface area contributed by atoms with Gasteiger partial charge in [0.2, 0.25) is 5.91 Å². The molecular formula is C33H49F2N3O3. The molecule has 1 fully saturated rings. The van der Waals surface area contributed by atoms with E-state index in [1.54, 1.807) is 0 Å². The Morgan fingerprint density at radius 2 is 1.76 bits per heavy atom. The van der Waals surface area contributed by atoms with Crippen LogP contribution in [0.1, 0.15) is 69.6 Å². The van der Waals surface area contributed by atoms with Crippen molar-refractivity contribution in [2.75, 3.05) is 32.8 Å². The van der Waals surface area contributed by atoms with Crippen LogP contribution in [0, 0.1) is 17.6 Å². The lowest BCUT2D eigenvalue weighted by Gasteiger charge is -2.38. The predicted molar refractivity (Wildman–Crippen MR) is 160 cm³/mol. The van der Waals surface area contributed by atoms with Gasteiger partial charge in [0.15, 0.2) is 0 Å². The van der Waals surface area contributed by atoms with Gasteiger partial charge in [0.25, 0.3) is 0 Å². The van der Waals surface area contributed by atoms with Crippen molar-refractivity contribution in [2.45, 2.75) is 90.4 Å². The van der Waals surface area contributed by atoms with Crippen LogP contribution in [0.4, 0.5) is 8.78 Å². The van der Waals surface area contributed by atoms with Gasteiger partial charge < -0.3 is 20.5 Å². The van der Waals surface area contributed by atoms with Crippen LogP contribution in [0.2, 0.25) is 0 Å². The number of nitrogens with zero attached hydrogens (tertiary/aromatic N) is 1. The van der Waals surface area contributed by atoms with Crippen molar-refractivity contribution in [3.8, 4) is 0 Å². The molecule has 0 bridgehead atoms. The number of aliphatic hydroxyl groups excluding tert-OH is 1. The number of amides is 1. The van der Waals surface area contributed by atoms with Crippen LogP contribution in [0.25, 0.3) is 0 Å². The van der Waals surface area contributed by atoms with Gasteiger partial charge in [0.05, 0.1) is 18.2 Å².